The average molecular weight is 456 g/mol. The quantitative estimate of drug-likeness (QED) is 0.711. The standard InChI is InChI=1S/C26H34ClN3O2/c1-24(2)17-30(13-11-21(24)19-7-9-20(27)10-8-19)23(32)26(16-25(26,3)4)29-22(31)14-18-6-5-12-28-15-18/h5-7,9-10,12,15,19,21H,8,11,13-14,16-17H2,1-4H3,(H,29,31). The number of pyridine rings is 1. The Morgan fingerprint density at radius 3 is 2.59 bits per heavy atom. The van der Waals surface area contributed by atoms with Crippen LogP contribution in [0.3, 0.4) is 0 Å². The molecule has 5 nitrogen and oxygen atoms in total. The summed E-state index contributed by atoms with van der Waals surface area (Å²) in [5, 5.41) is 3.93. The zero-order valence-corrected chi connectivity index (χ0v) is 20.3. The highest BCUT2D eigenvalue weighted by molar-refractivity contribution is 6.31. The zero-order chi connectivity index (χ0) is 23.1. The number of halogens is 1. The molecule has 1 aromatic rings. The fourth-order valence-electron chi connectivity index (χ4n) is 5.74. The van der Waals surface area contributed by atoms with Gasteiger partial charge in [0.05, 0.1) is 6.42 Å². The monoisotopic (exact) mass is 455 g/mol. The smallest absolute Gasteiger partial charge is 0.248 e. The molecule has 0 aromatic carbocycles. The van der Waals surface area contributed by atoms with Crippen LogP contribution in [0.1, 0.15) is 52.5 Å². The van der Waals surface area contributed by atoms with Gasteiger partial charge in [0.2, 0.25) is 11.8 Å². The highest BCUT2D eigenvalue weighted by atomic mass is 35.5. The van der Waals surface area contributed by atoms with E-state index in [0.717, 1.165) is 30.0 Å². The summed E-state index contributed by atoms with van der Waals surface area (Å²) in [7, 11) is 0. The van der Waals surface area contributed by atoms with Crippen LogP contribution in [0.4, 0.5) is 0 Å². The van der Waals surface area contributed by atoms with Crippen molar-refractivity contribution < 1.29 is 9.59 Å². The van der Waals surface area contributed by atoms with Gasteiger partial charge in [0.15, 0.2) is 0 Å². The Bertz CT molecular complexity index is 953. The van der Waals surface area contributed by atoms with Crippen molar-refractivity contribution in [3.63, 3.8) is 0 Å². The number of amides is 2. The Hall–Kier alpha value is -2.14. The van der Waals surface area contributed by atoms with Crippen molar-refractivity contribution >= 4 is 23.4 Å². The maximum absolute atomic E-state index is 13.8. The van der Waals surface area contributed by atoms with E-state index in [1.165, 1.54) is 0 Å². The first kappa shape index (κ1) is 23.0. The summed E-state index contributed by atoms with van der Waals surface area (Å²) in [5.41, 5.74) is -0.220. The summed E-state index contributed by atoms with van der Waals surface area (Å²) in [4.78, 5) is 32.7. The van der Waals surface area contributed by atoms with Crippen LogP contribution < -0.4 is 5.32 Å². The van der Waals surface area contributed by atoms with Crippen molar-refractivity contribution in [2.75, 3.05) is 13.1 Å². The third kappa shape index (κ3) is 4.36. The molecule has 3 unspecified atom stereocenters. The molecule has 4 rings (SSSR count). The molecule has 2 amide bonds. The van der Waals surface area contributed by atoms with Crippen LogP contribution in [0.5, 0.6) is 0 Å². The van der Waals surface area contributed by atoms with Crippen molar-refractivity contribution in [1.82, 2.24) is 15.2 Å². The van der Waals surface area contributed by atoms with Crippen LogP contribution in [-0.4, -0.2) is 40.3 Å². The van der Waals surface area contributed by atoms with Gasteiger partial charge >= 0.3 is 0 Å². The molecule has 1 aromatic heterocycles. The van der Waals surface area contributed by atoms with E-state index in [1.54, 1.807) is 12.4 Å². The summed E-state index contributed by atoms with van der Waals surface area (Å²) in [6.07, 6.45) is 12.5. The number of allylic oxidation sites excluding steroid dienone is 4. The van der Waals surface area contributed by atoms with E-state index in [-0.39, 0.29) is 29.1 Å². The number of carbonyl (C=O) groups is 2. The van der Waals surface area contributed by atoms with Gasteiger partial charge in [0, 0.05) is 30.5 Å². The van der Waals surface area contributed by atoms with Crippen LogP contribution in [0.15, 0.2) is 47.8 Å². The van der Waals surface area contributed by atoms with Crippen molar-refractivity contribution in [2.45, 2.75) is 58.9 Å². The van der Waals surface area contributed by atoms with E-state index >= 15 is 0 Å². The van der Waals surface area contributed by atoms with E-state index in [0.29, 0.717) is 24.8 Å². The van der Waals surface area contributed by atoms with Gasteiger partial charge in [0.1, 0.15) is 5.54 Å². The van der Waals surface area contributed by atoms with Crippen LogP contribution in [0, 0.1) is 22.7 Å². The number of likely N-dealkylation sites (tertiary alicyclic amines) is 1. The number of nitrogens with one attached hydrogen (secondary N) is 1. The van der Waals surface area contributed by atoms with Crippen molar-refractivity contribution in [1.29, 1.82) is 0 Å². The second kappa shape index (κ2) is 8.33. The first-order chi connectivity index (χ1) is 15.0. The molecule has 2 heterocycles. The molecule has 32 heavy (non-hydrogen) atoms. The molecular formula is C26H34ClN3O2. The van der Waals surface area contributed by atoms with Crippen LogP contribution in [-0.2, 0) is 16.0 Å². The lowest BCUT2D eigenvalue weighted by Gasteiger charge is -2.48. The van der Waals surface area contributed by atoms with E-state index in [1.807, 2.05) is 23.1 Å². The van der Waals surface area contributed by atoms with E-state index in [9.17, 15) is 9.59 Å². The molecule has 3 aliphatic rings. The predicted octanol–water partition coefficient (Wildman–Crippen LogP) is 4.48. The number of piperidine rings is 1. The topological polar surface area (TPSA) is 62.3 Å². The first-order valence-corrected chi connectivity index (χ1v) is 12.0. The van der Waals surface area contributed by atoms with Gasteiger partial charge in [-0.05, 0) is 59.6 Å². The fraction of sp³-hybridized carbons (Fsp3) is 0.577. The highest BCUT2D eigenvalue weighted by Crippen LogP contribution is 2.57. The molecule has 0 spiro atoms. The number of rotatable bonds is 5. The maximum Gasteiger partial charge on any atom is 0.248 e. The van der Waals surface area contributed by atoms with Gasteiger partial charge in [-0.3, -0.25) is 14.6 Å². The molecular weight excluding hydrogens is 422 g/mol. The number of hydrogen-bond acceptors (Lipinski definition) is 3. The van der Waals surface area contributed by atoms with E-state index < -0.39 is 5.54 Å². The second-order valence-electron chi connectivity index (χ2n) is 11.0. The minimum atomic E-state index is -0.809. The Balaban J connectivity index is 1.44. The lowest BCUT2D eigenvalue weighted by Crippen LogP contribution is -2.58. The minimum absolute atomic E-state index is 0.0134. The normalized spacial score (nSPS) is 30.4. The summed E-state index contributed by atoms with van der Waals surface area (Å²) >= 11 is 6.12. The largest absolute Gasteiger partial charge is 0.341 e. The third-order valence-electron chi connectivity index (χ3n) is 7.75. The fourth-order valence-corrected chi connectivity index (χ4v) is 5.90. The van der Waals surface area contributed by atoms with Crippen molar-refractivity contribution in [2.24, 2.45) is 22.7 Å². The molecule has 2 fully saturated rings. The van der Waals surface area contributed by atoms with Gasteiger partial charge in [-0.25, -0.2) is 0 Å². The van der Waals surface area contributed by atoms with Crippen LogP contribution in [0.2, 0.25) is 0 Å². The van der Waals surface area contributed by atoms with Gasteiger partial charge in [-0.1, -0.05) is 57.5 Å². The Kier molecular flexibility index (Phi) is 6.00. The molecule has 1 N–H and O–H groups in total. The Morgan fingerprint density at radius 1 is 1.28 bits per heavy atom. The molecule has 1 aliphatic heterocycles. The van der Waals surface area contributed by atoms with Crippen LogP contribution >= 0.6 is 11.6 Å². The lowest BCUT2D eigenvalue weighted by atomic mass is 9.66. The molecule has 3 atom stereocenters. The van der Waals surface area contributed by atoms with Gasteiger partial charge in [0.25, 0.3) is 0 Å². The van der Waals surface area contributed by atoms with E-state index in [4.69, 9.17) is 11.6 Å². The molecule has 1 saturated carbocycles. The minimum Gasteiger partial charge on any atom is -0.341 e. The SMILES string of the molecule is CC1(C)CN(C(=O)C2(NC(=O)Cc3cccnc3)CC2(C)C)CCC1C1C=CC(Cl)=CC1. The summed E-state index contributed by atoms with van der Waals surface area (Å²) in [5.74, 6) is 0.889. The lowest BCUT2D eigenvalue weighted by molar-refractivity contribution is -0.143. The second-order valence-corrected chi connectivity index (χ2v) is 11.4. The molecule has 2 aliphatic carbocycles. The molecule has 172 valence electrons. The molecule has 6 heteroatoms. The van der Waals surface area contributed by atoms with E-state index in [2.05, 4.69) is 50.1 Å². The first-order valence-electron chi connectivity index (χ1n) is 11.6. The highest BCUT2D eigenvalue weighted by Gasteiger charge is 2.68. The molecule has 0 bridgehead atoms. The summed E-state index contributed by atoms with van der Waals surface area (Å²) in [6.45, 7) is 10.1. The maximum atomic E-state index is 13.8. The number of carbonyl (C=O) groups excluding carboxylic acids is 2. The Labute approximate surface area is 196 Å². The number of nitrogens with zero attached hydrogens (tertiary/aromatic N) is 2. The van der Waals surface area contributed by atoms with Crippen molar-refractivity contribution in [3.05, 3.63) is 53.4 Å². The van der Waals surface area contributed by atoms with Gasteiger partial charge in [-0.15, -0.1) is 0 Å². The summed E-state index contributed by atoms with van der Waals surface area (Å²) in [6, 6.07) is 3.70. The zero-order valence-electron chi connectivity index (χ0n) is 19.5. The average Bonchev–Trinajstić information content (AvgIpc) is 3.29. The Morgan fingerprint density at radius 2 is 2.03 bits per heavy atom. The number of hydrogen-bond donors (Lipinski definition) is 1. The van der Waals surface area contributed by atoms with Gasteiger partial charge in [-0.2, -0.15) is 0 Å². The van der Waals surface area contributed by atoms with Crippen LogP contribution in [0.25, 0.3) is 0 Å². The predicted molar refractivity (Wildman–Crippen MR) is 127 cm³/mol. The third-order valence-corrected chi connectivity index (χ3v) is 8.03. The summed E-state index contributed by atoms with van der Waals surface area (Å²) < 4.78 is 0. The molecule has 0 radical (unpaired) electrons. The molecule has 1 saturated heterocycles. The number of aromatic nitrogens is 1. The van der Waals surface area contributed by atoms with Gasteiger partial charge < -0.3 is 10.2 Å². The van der Waals surface area contributed by atoms with Crippen molar-refractivity contribution in [3.8, 4) is 0 Å².